The average Bonchev–Trinajstić information content (AvgIpc) is 3.21. The zero-order valence-electron chi connectivity index (χ0n) is 15.3. The lowest BCUT2D eigenvalue weighted by atomic mass is 10.1. The standard InChI is InChI=1S/C20H25N5O/c1-13-21-18-4-2-3-16(18)20(22-13)25-10-9-14(11-25)12-26-19-8-7-17(23-24-19)15-5-6-15/h7-8,14-15H,2-6,9-12H2,1H3. The molecular formula is C20H25N5O. The predicted octanol–water partition coefficient (Wildman–Crippen LogP) is 2.85. The van der Waals surface area contributed by atoms with Crippen LogP contribution in [0.5, 0.6) is 5.88 Å². The van der Waals surface area contributed by atoms with E-state index in [1.165, 1.54) is 36.3 Å². The van der Waals surface area contributed by atoms with E-state index in [1.807, 2.05) is 13.0 Å². The van der Waals surface area contributed by atoms with E-state index < -0.39 is 0 Å². The van der Waals surface area contributed by atoms with Crippen molar-refractivity contribution in [2.75, 3.05) is 24.6 Å². The molecule has 3 heterocycles. The van der Waals surface area contributed by atoms with Gasteiger partial charge in [-0.15, -0.1) is 5.10 Å². The highest BCUT2D eigenvalue weighted by atomic mass is 16.5. The van der Waals surface area contributed by atoms with Crippen LogP contribution in [0, 0.1) is 12.8 Å². The molecule has 0 amide bonds. The Morgan fingerprint density at radius 3 is 2.85 bits per heavy atom. The minimum atomic E-state index is 0.507. The Bertz CT molecular complexity index is 803. The van der Waals surface area contributed by atoms with E-state index in [1.54, 1.807) is 0 Å². The van der Waals surface area contributed by atoms with Gasteiger partial charge in [-0.3, -0.25) is 0 Å². The maximum Gasteiger partial charge on any atom is 0.233 e. The van der Waals surface area contributed by atoms with Gasteiger partial charge in [-0.25, -0.2) is 9.97 Å². The first kappa shape index (κ1) is 16.0. The van der Waals surface area contributed by atoms with E-state index in [0.717, 1.165) is 43.9 Å². The van der Waals surface area contributed by atoms with Gasteiger partial charge in [0.05, 0.1) is 12.3 Å². The van der Waals surface area contributed by atoms with E-state index in [4.69, 9.17) is 9.72 Å². The zero-order chi connectivity index (χ0) is 17.5. The molecule has 0 spiro atoms. The summed E-state index contributed by atoms with van der Waals surface area (Å²) < 4.78 is 5.91. The molecule has 1 atom stereocenters. The van der Waals surface area contributed by atoms with Gasteiger partial charge in [0.2, 0.25) is 5.88 Å². The van der Waals surface area contributed by atoms with Gasteiger partial charge in [0.15, 0.2) is 0 Å². The Balaban J connectivity index is 1.21. The number of anilines is 1. The number of aryl methyl sites for hydroxylation is 2. The van der Waals surface area contributed by atoms with Crippen molar-refractivity contribution in [3.63, 3.8) is 0 Å². The molecule has 1 saturated heterocycles. The first-order valence-corrected chi connectivity index (χ1v) is 9.84. The molecule has 0 aromatic carbocycles. The summed E-state index contributed by atoms with van der Waals surface area (Å²) in [7, 11) is 0. The van der Waals surface area contributed by atoms with Gasteiger partial charge >= 0.3 is 0 Å². The average molecular weight is 351 g/mol. The highest BCUT2D eigenvalue weighted by Gasteiger charge is 2.29. The van der Waals surface area contributed by atoms with Crippen LogP contribution in [0.1, 0.15) is 54.4 Å². The van der Waals surface area contributed by atoms with Gasteiger partial charge in [0.1, 0.15) is 11.6 Å². The molecule has 0 radical (unpaired) electrons. The Kier molecular flexibility index (Phi) is 3.98. The van der Waals surface area contributed by atoms with Crippen LogP contribution in [0.2, 0.25) is 0 Å². The minimum Gasteiger partial charge on any atom is -0.476 e. The molecule has 0 bridgehead atoms. The molecule has 3 aliphatic rings. The van der Waals surface area contributed by atoms with Crippen LogP contribution in [0.15, 0.2) is 12.1 Å². The summed E-state index contributed by atoms with van der Waals surface area (Å²) in [6.07, 6.45) is 7.05. The molecule has 1 saturated carbocycles. The lowest BCUT2D eigenvalue weighted by molar-refractivity contribution is 0.249. The SMILES string of the molecule is Cc1nc2c(c(N3CCC(COc4ccc(C5CC5)nn4)C3)n1)CCC2. The molecule has 6 nitrogen and oxygen atoms in total. The summed E-state index contributed by atoms with van der Waals surface area (Å²) in [6.45, 7) is 4.74. The number of aromatic nitrogens is 4. The van der Waals surface area contributed by atoms with Crippen LogP contribution in [-0.2, 0) is 12.8 Å². The van der Waals surface area contributed by atoms with E-state index in [2.05, 4.69) is 26.1 Å². The third-order valence-electron chi connectivity index (χ3n) is 5.73. The lowest BCUT2D eigenvalue weighted by Crippen LogP contribution is -2.24. The second-order valence-electron chi connectivity index (χ2n) is 7.86. The molecule has 2 fully saturated rings. The topological polar surface area (TPSA) is 64.0 Å². The molecule has 26 heavy (non-hydrogen) atoms. The number of hydrogen-bond donors (Lipinski definition) is 0. The second-order valence-corrected chi connectivity index (χ2v) is 7.86. The van der Waals surface area contributed by atoms with Crippen LogP contribution in [0.4, 0.5) is 5.82 Å². The third kappa shape index (κ3) is 3.13. The van der Waals surface area contributed by atoms with Gasteiger partial charge in [-0.05, 0) is 51.5 Å². The van der Waals surface area contributed by atoms with Crippen molar-refractivity contribution in [3.05, 3.63) is 34.9 Å². The fourth-order valence-corrected chi connectivity index (χ4v) is 4.16. The van der Waals surface area contributed by atoms with Crippen molar-refractivity contribution < 1.29 is 4.74 Å². The summed E-state index contributed by atoms with van der Waals surface area (Å²) in [5.41, 5.74) is 3.74. The molecule has 2 aliphatic carbocycles. The number of fused-ring (bicyclic) bond motifs is 1. The van der Waals surface area contributed by atoms with Gasteiger partial charge in [0.25, 0.3) is 0 Å². The van der Waals surface area contributed by atoms with Crippen molar-refractivity contribution in [2.24, 2.45) is 5.92 Å². The molecule has 6 heteroatoms. The highest BCUT2D eigenvalue weighted by Crippen LogP contribution is 2.38. The Labute approximate surface area is 154 Å². The fourth-order valence-electron chi connectivity index (χ4n) is 4.16. The molecule has 2 aromatic heterocycles. The van der Waals surface area contributed by atoms with Crippen molar-refractivity contribution in [1.82, 2.24) is 20.2 Å². The van der Waals surface area contributed by atoms with Crippen molar-refractivity contribution in [2.45, 2.75) is 51.4 Å². The van der Waals surface area contributed by atoms with Gasteiger partial charge in [-0.2, -0.15) is 5.10 Å². The number of rotatable bonds is 5. The van der Waals surface area contributed by atoms with E-state index in [9.17, 15) is 0 Å². The summed E-state index contributed by atoms with van der Waals surface area (Å²) in [5.74, 6) is 3.85. The van der Waals surface area contributed by atoms with Gasteiger partial charge in [0, 0.05) is 42.2 Å². The van der Waals surface area contributed by atoms with Crippen molar-refractivity contribution >= 4 is 5.82 Å². The Morgan fingerprint density at radius 2 is 2.04 bits per heavy atom. The van der Waals surface area contributed by atoms with Gasteiger partial charge in [-0.1, -0.05) is 0 Å². The summed E-state index contributed by atoms with van der Waals surface area (Å²) >= 11 is 0. The van der Waals surface area contributed by atoms with Gasteiger partial charge < -0.3 is 9.64 Å². The molecule has 1 aliphatic heterocycles. The molecule has 0 N–H and O–H groups in total. The Hall–Kier alpha value is -2.24. The first-order chi connectivity index (χ1) is 12.8. The smallest absolute Gasteiger partial charge is 0.233 e. The molecule has 1 unspecified atom stereocenters. The van der Waals surface area contributed by atoms with Crippen molar-refractivity contribution in [3.8, 4) is 5.88 Å². The van der Waals surface area contributed by atoms with Crippen molar-refractivity contribution in [1.29, 1.82) is 0 Å². The second kappa shape index (κ2) is 6.49. The highest BCUT2D eigenvalue weighted by molar-refractivity contribution is 5.52. The van der Waals surface area contributed by atoms with Crippen LogP contribution < -0.4 is 9.64 Å². The number of ether oxygens (including phenoxy) is 1. The molecule has 2 aromatic rings. The fraction of sp³-hybridized carbons (Fsp3) is 0.600. The first-order valence-electron chi connectivity index (χ1n) is 9.84. The van der Waals surface area contributed by atoms with E-state index in [-0.39, 0.29) is 0 Å². The number of hydrogen-bond acceptors (Lipinski definition) is 6. The minimum absolute atomic E-state index is 0.507. The quantitative estimate of drug-likeness (QED) is 0.825. The number of nitrogens with zero attached hydrogens (tertiary/aromatic N) is 5. The van der Waals surface area contributed by atoms with Crippen LogP contribution in [0.25, 0.3) is 0 Å². The molecular weight excluding hydrogens is 326 g/mol. The van der Waals surface area contributed by atoms with Crippen LogP contribution >= 0.6 is 0 Å². The van der Waals surface area contributed by atoms with E-state index in [0.29, 0.717) is 24.3 Å². The third-order valence-corrected chi connectivity index (χ3v) is 5.73. The molecule has 5 rings (SSSR count). The monoisotopic (exact) mass is 351 g/mol. The maximum absolute atomic E-state index is 5.91. The normalized spacial score (nSPS) is 21.9. The summed E-state index contributed by atoms with van der Waals surface area (Å²) in [5, 5.41) is 8.53. The van der Waals surface area contributed by atoms with Crippen LogP contribution in [0.3, 0.4) is 0 Å². The summed E-state index contributed by atoms with van der Waals surface area (Å²) in [4.78, 5) is 11.8. The molecule has 136 valence electrons. The Morgan fingerprint density at radius 1 is 1.12 bits per heavy atom. The maximum atomic E-state index is 5.91. The van der Waals surface area contributed by atoms with E-state index >= 15 is 0 Å². The zero-order valence-corrected chi connectivity index (χ0v) is 15.3. The lowest BCUT2D eigenvalue weighted by Gasteiger charge is -2.21. The van der Waals surface area contributed by atoms with Crippen LogP contribution in [-0.4, -0.2) is 39.9 Å². The predicted molar refractivity (Wildman–Crippen MR) is 98.6 cm³/mol. The summed E-state index contributed by atoms with van der Waals surface area (Å²) in [6, 6.07) is 4.03. The largest absolute Gasteiger partial charge is 0.476 e.